The number of sulfonamides is 1. The third kappa shape index (κ3) is 5.21. The van der Waals surface area contributed by atoms with E-state index in [-0.39, 0.29) is 16.5 Å². The summed E-state index contributed by atoms with van der Waals surface area (Å²) in [6.45, 7) is 1.58. The largest absolute Gasteiger partial charge is 0.496 e. The van der Waals surface area contributed by atoms with Gasteiger partial charge in [-0.25, -0.2) is 13.1 Å². The number of benzene rings is 3. The molecule has 8 nitrogen and oxygen atoms in total. The van der Waals surface area contributed by atoms with Gasteiger partial charge in [-0.15, -0.1) is 0 Å². The third-order valence-corrected chi connectivity index (χ3v) is 8.78. The second-order valence-electron chi connectivity index (χ2n) is 9.63. The Morgan fingerprint density at radius 1 is 0.921 bits per heavy atom. The first-order valence-corrected chi connectivity index (χ1v) is 14.4. The molecule has 1 aliphatic heterocycles. The molecule has 1 amide bonds. The Balaban J connectivity index is 1.49. The van der Waals surface area contributed by atoms with E-state index < -0.39 is 15.9 Å². The van der Waals surface area contributed by atoms with Crippen molar-refractivity contribution in [2.45, 2.75) is 43.0 Å². The lowest BCUT2D eigenvalue weighted by Gasteiger charge is -2.28. The van der Waals surface area contributed by atoms with Crippen molar-refractivity contribution in [2.24, 2.45) is 0 Å². The van der Waals surface area contributed by atoms with Gasteiger partial charge in [0, 0.05) is 24.8 Å². The van der Waals surface area contributed by atoms with E-state index in [1.807, 2.05) is 18.2 Å². The molecule has 3 aromatic carbocycles. The number of nitrogens with zero attached hydrogens (tertiary/aromatic N) is 1. The van der Waals surface area contributed by atoms with Crippen molar-refractivity contribution >= 4 is 27.3 Å². The number of carbonyl (C=O) groups excluding carboxylic acids is 1. The first-order valence-electron chi connectivity index (χ1n) is 12.9. The Morgan fingerprint density at radius 2 is 1.63 bits per heavy atom. The number of rotatable bonds is 8. The molecule has 0 saturated carbocycles. The summed E-state index contributed by atoms with van der Waals surface area (Å²) in [5, 5.41) is 2.85. The first-order chi connectivity index (χ1) is 18.4. The van der Waals surface area contributed by atoms with E-state index >= 15 is 0 Å². The third-order valence-electron chi connectivity index (χ3n) is 7.28. The molecule has 2 N–H and O–H groups in total. The van der Waals surface area contributed by atoms with E-state index in [2.05, 4.69) is 21.0 Å². The van der Waals surface area contributed by atoms with Gasteiger partial charge in [-0.3, -0.25) is 4.79 Å². The SMILES string of the molecule is COc1cccc(OC)c1C(=O)Nc1ccc(N2CCCC2)c(S(=O)(=O)N[C@H]2CCCc3ccccc32)c1. The highest BCUT2D eigenvalue weighted by Crippen LogP contribution is 2.36. The molecule has 0 spiro atoms. The molecule has 0 bridgehead atoms. The predicted octanol–water partition coefficient (Wildman–Crippen LogP) is 4.91. The minimum atomic E-state index is -3.91. The molecule has 38 heavy (non-hydrogen) atoms. The molecule has 9 heteroatoms. The number of hydrogen-bond donors (Lipinski definition) is 2. The average Bonchev–Trinajstić information content (AvgIpc) is 3.47. The van der Waals surface area contributed by atoms with E-state index in [9.17, 15) is 13.2 Å². The van der Waals surface area contributed by atoms with Crippen LogP contribution in [0.15, 0.2) is 65.6 Å². The van der Waals surface area contributed by atoms with Crippen LogP contribution in [-0.4, -0.2) is 41.6 Å². The summed E-state index contributed by atoms with van der Waals surface area (Å²) in [6, 6.07) is 17.9. The van der Waals surface area contributed by atoms with E-state index in [4.69, 9.17) is 9.47 Å². The Bertz CT molecular complexity index is 1410. The number of nitrogens with one attached hydrogen (secondary N) is 2. The number of amides is 1. The van der Waals surface area contributed by atoms with Crippen LogP contribution in [-0.2, 0) is 16.4 Å². The van der Waals surface area contributed by atoms with Crippen molar-refractivity contribution in [3.05, 3.63) is 77.4 Å². The summed E-state index contributed by atoms with van der Waals surface area (Å²) in [7, 11) is -0.947. The Labute approximate surface area is 224 Å². The van der Waals surface area contributed by atoms with Crippen LogP contribution < -0.4 is 24.4 Å². The molecule has 200 valence electrons. The van der Waals surface area contributed by atoms with Gasteiger partial charge in [-0.2, -0.15) is 0 Å². The van der Waals surface area contributed by atoms with Crippen LogP contribution in [0.5, 0.6) is 11.5 Å². The predicted molar refractivity (Wildman–Crippen MR) is 148 cm³/mol. The summed E-state index contributed by atoms with van der Waals surface area (Å²) in [4.78, 5) is 15.5. The number of anilines is 2. The number of ether oxygens (including phenoxy) is 2. The molecule has 2 aliphatic rings. The molecule has 0 radical (unpaired) electrons. The smallest absolute Gasteiger partial charge is 0.263 e. The zero-order valence-corrected chi connectivity index (χ0v) is 22.5. The van der Waals surface area contributed by atoms with Crippen LogP contribution in [0.25, 0.3) is 0 Å². The maximum atomic E-state index is 13.9. The molecule has 1 fully saturated rings. The lowest BCUT2D eigenvalue weighted by molar-refractivity contribution is 0.102. The Morgan fingerprint density at radius 3 is 2.34 bits per heavy atom. The summed E-state index contributed by atoms with van der Waals surface area (Å²) in [5.41, 5.74) is 3.46. The second kappa shape index (κ2) is 11.0. The fourth-order valence-corrected chi connectivity index (χ4v) is 6.92. The zero-order chi connectivity index (χ0) is 26.7. The van der Waals surface area contributed by atoms with Crippen molar-refractivity contribution in [1.82, 2.24) is 4.72 Å². The van der Waals surface area contributed by atoms with Crippen molar-refractivity contribution in [1.29, 1.82) is 0 Å². The number of hydrogen-bond acceptors (Lipinski definition) is 6. The van der Waals surface area contributed by atoms with E-state index in [0.29, 0.717) is 22.9 Å². The van der Waals surface area contributed by atoms with Gasteiger partial charge >= 0.3 is 0 Å². The topological polar surface area (TPSA) is 97.0 Å². The van der Waals surface area contributed by atoms with Gasteiger partial charge in [-0.05, 0) is 73.6 Å². The number of carbonyl (C=O) groups is 1. The van der Waals surface area contributed by atoms with Crippen LogP contribution in [0.2, 0.25) is 0 Å². The fourth-order valence-electron chi connectivity index (χ4n) is 5.42. The number of aryl methyl sites for hydroxylation is 1. The molecule has 0 aromatic heterocycles. The number of methoxy groups -OCH3 is 2. The first kappa shape index (κ1) is 26.1. The van der Waals surface area contributed by atoms with Crippen molar-refractivity contribution in [3.63, 3.8) is 0 Å². The maximum Gasteiger partial charge on any atom is 0.263 e. The summed E-state index contributed by atoms with van der Waals surface area (Å²) in [6.07, 6.45) is 4.62. The Kier molecular flexibility index (Phi) is 7.58. The van der Waals surface area contributed by atoms with Crippen LogP contribution in [0, 0.1) is 0 Å². The van der Waals surface area contributed by atoms with Gasteiger partial charge < -0.3 is 19.7 Å². The van der Waals surface area contributed by atoms with Crippen molar-refractivity contribution in [2.75, 3.05) is 37.5 Å². The molecule has 1 saturated heterocycles. The Hall–Kier alpha value is -3.56. The van der Waals surface area contributed by atoms with Gasteiger partial charge in [0.15, 0.2) is 0 Å². The zero-order valence-electron chi connectivity index (χ0n) is 21.7. The van der Waals surface area contributed by atoms with Crippen LogP contribution in [0.3, 0.4) is 0 Å². The monoisotopic (exact) mass is 535 g/mol. The lowest BCUT2D eigenvalue weighted by Crippen LogP contribution is -2.32. The quantitative estimate of drug-likeness (QED) is 0.425. The average molecular weight is 536 g/mol. The normalized spacial score (nSPS) is 17.1. The minimum Gasteiger partial charge on any atom is -0.496 e. The second-order valence-corrected chi connectivity index (χ2v) is 11.3. The minimum absolute atomic E-state index is 0.159. The lowest BCUT2D eigenvalue weighted by atomic mass is 9.88. The van der Waals surface area contributed by atoms with Gasteiger partial charge in [0.25, 0.3) is 5.91 Å². The van der Waals surface area contributed by atoms with Crippen molar-refractivity contribution < 1.29 is 22.7 Å². The summed E-state index contributed by atoms with van der Waals surface area (Å²) in [5.74, 6) is 0.271. The van der Waals surface area contributed by atoms with Gasteiger partial charge in [-0.1, -0.05) is 30.3 Å². The molecule has 1 atom stereocenters. The van der Waals surface area contributed by atoms with E-state index in [1.54, 1.807) is 36.4 Å². The molecule has 3 aromatic rings. The molecule has 0 unspecified atom stereocenters. The van der Waals surface area contributed by atoms with Gasteiger partial charge in [0.05, 0.1) is 19.9 Å². The van der Waals surface area contributed by atoms with Crippen LogP contribution in [0.1, 0.15) is 53.2 Å². The van der Waals surface area contributed by atoms with E-state index in [1.165, 1.54) is 19.8 Å². The standard InChI is InChI=1S/C29H33N3O5S/c1-36-25-13-8-14-26(37-2)28(25)29(33)30-21-15-16-24(32-17-5-6-18-32)27(19-21)38(34,35)31-23-12-7-10-20-9-3-4-11-22(20)23/h3-4,8-9,11,13-16,19,23,31H,5-7,10,12,17-18H2,1-2H3,(H,30,33)/t23-/m0/s1. The fraction of sp³-hybridized carbons (Fsp3) is 0.345. The molecular formula is C29H33N3O5S. The molecule has 1 heterocycles. The van der Waals surface area contributed by atoms with Crippen molar-refractivity contribution in [3.8, 4) is 11.5 Å². The summed E-state index contributed by atoms with van der Waals surface area (Å²) >= 11 is 0. The van der Waals surface area contributed by atoms with Crippen LogP contribution >= 0.6 is 0 Å². The summed E-state index contributed by atoms with van der Waals surface area (Å²) < 4.78 is 41.5. The highest BCUT2D eigenvalue weighted by Gasteiger charge is 2.30. The molecule has 5 rings (SSSR count). The highest BCUT2D eigenvalue weighted by molar-refractivity contribution is 7.89. The van der Waals surface area contributed by atoms with Gasteiger partial charge in [0.2, 0.25) is 10.0 Å². The maximum absolute atomic E-state index is 13.9. The highest BCUT2D eigenvalue weighted by atomic mass is 32.2. The molecular weight excluding hydrogens is 502 g/mol. The van der Waals surface area contributed by atoms with E-state index in [0.717, 1.165) is 50.8 Å². The van der Waals surface area contributed by atoms with Crippen LogP contribution in [0.4, 0.5) is 11.4 Å². The van der Waals surface area contributed by atoms with Gasteiger partial charge in [0.1, 0.15) is 22.0 Å². The number of fused-ring (bicyclic) bond motifs is 1. The molecule has 1 aliphatic carbocycles.